The van der Waals surface area contributed by atoms with E-state index in [1.54, 1.807) is 18.0 Å². The number of hydrogen-bond acceptors (Lipinski definition) is 2. The van der Waals surface area contributed by atoms with E-state index in [4.69, 9.17) is 5.26 Å². The third-order valence-electron chi connectivity index (χ3n) is 2.59. The quantitative estimate of drug-likeness (QED) is 0.754. The fourth-order valence-electron chi connectivity index (χ4n) is 1.73. The van der Waals surface area contributed by atoms with Crippen molar-refractivity contribution in [3.8, 4) is 6.07 Å². The molecule has 1 aromatic rings. The third-order valence-corrected chi connectivity index (χ3v) is 2.59. The molecular weight excluding hydrogens is 241 g/mol. The van der Waals surface area contributed by atoms with Crippen LogP contribution < -0.4 is 0 Å². The van der Waals surface area contributed by atoms with Crippen LogP contribution in [0.2, 0.25) is 0 Å². The van der Waals surface area contributed by atoms with Crippen molar-refractivity contribution in [2.45, 2.75) is 25.6 Å². The van der Waals surface area contributed by atoms with Gasteiger partial charge >= 0.3 is 6.18 Å². The molecule has 0 amide bonds. The first-order valence-corrected chi connectivity index (χ1v) is 5.65. The van der Waals surface area contributed by atoms with Crippen LogP contribution in [0.25, 0.3) is 0 Å². The molecule has 0 aliphatic carbocycles. The second-order valence-corrected chi connectivity index (χ2v) is 4.15. The van der Waals surface area contributed by atoms with Crippen molar-refractivity contribution >= 4 is 0 Å². The van der Waals surface area contributed by atoms with E-state index in [1.807, 2.05) is 6.07 Å². The summed E-state index contributed by atoms with van der Waals surface area (Å²) in [5.41, 5.74) is -0.318. The van der Waals surface area contributed by atoms with Gasteiger partial charge in [0.25, 0.3) is 0 Å². The number of alkyl halides is 3. The van der Waals surface area contributed by atoms with Gasteiger partial charge in [0.2, 0.25) is 0 Å². The first kappa shape index (κ1) is 14.5. The van der Waals surface area contributed by atoms with Crippen molar-refractivity contribution in [3.05, 3.63) is 35.4 Å². The summed E-state index contributed by atoms with van der Waals surface area (Å²) in [6.07, 6.45) is -3.23. The van der Waals surface area contributed by atoms with Gasteiger partial charge in [0, 0.05) is 13.0 Å². The zero-order valence-corrected chi connectivity index (χ0v) is 10.2. The maximum atomic E-state index is 12.7. The van der Waals surface area contributed by atoms with Crippen molar-refractivity contribution in [3.63, 3.8) is 0 Å². The maximum absolute atomic E-state index is 12.7. The molecule has 0 N–H and O–H groups in total. The van der Waals surface area contributed by atoms with E-state index in [2.05, 4.69) is 0 Å². The van der Waals surface area contributed by atoms with Crippen LogP contribution in [-0.4, -0.2) is 18.5 Å². The average Bonchev–Trinajstić information content (AvgIpc) is 2.28. The summed E-state index contributed by atoms with van der Waals surface area (Å²) >= 11 is 0. The Bertz CT molecular complexity index is 421. The van der Waals surface area contributed by atoms with Crippen molar-refractivity contribution in [2.24, 2.45) is 0 Å². The lowest BCUT2D eigenvalue weighted by atomic mass is 10.1. The summed E-state index contributed by atoms with van der Waals surface area (Å²) < 4.78 is 38.2. The van der Waals surface area contributed by atoms with Crippen LogP contribution >= 0.6 is 0 Å². The Morgan fingerprint density at radius 3 is 2.56 bits per heavy atom. The summed E-state index contributed by atoms with van der Waals surface area (Å²) in [5, 5.41) is 8.40. The normalized spacial score (nSPS) is 11.6. The van der Waals surface area contributed by atoms with E-state index in [0.29, 0.717) is 19.4 Å². The number of rotatable bonds is 5. The Hall–Kier alpha value is -1.54. The monoisotopic (exact) mass is 256 g/mol. The molecule has 1 aromatic carbocycles. The molecule has 0 bridgehead atoms. The minimum absolute atomic E-state index is 0.237. The van der Waals surface area contributed by atoms with Crippen LogP contribution in [0.3, 0.4) is 0 Å². The molecule has 18 heavy (non-hydrogen) atoms. The highest BCUT2D eigenvalue weighted by molar-refractivity contribution is 5.29. The van der Waals surface area contributed by atoms with E-state index >= 15 is 0 Å². The first-order valence-electron chi connectivity index (χ1n) is 5.65. The molecule has 98 valence electrons. The van der Waals surface area contributed by atoms with E-state index in [-0.39, 0.29) is 12.1 Å². The summed E-state index contributed by atoms with van der Waals surface area (Å²) in [5.74, 6) is 0. The predicted molar refractivity (Wildman–Crippen MR) is 62.6 cm³/mol. The van der Waals surface area contributed by atoms with Gasteiger partial charge in [-0.1, -0.05) is 18.2 Å². The number of benzene rings is 1. The van der Waals surface area contributed by atoms with Gasteiger partial charge in [0.1, 0.15) is 0 Å². The predicted octanol–water partition coefficient (Wildman–Crippen LogP) is 3.44. The second-order valence-electron chi connectivity index (χ2n) is 4.15. The average molecular weight is 256 g/mol. The lowest BCUT2D eigenvalue weighted by molar-refractivity contribution is -0.138. The summed E-state index contributed by atoms with van der Waals surface area (Å²) in [6.45, 7) is 0.848. The minimum atomic E-state index is -4.32. The second kappa shape index (κ2) is 6.41. The molecule has 0 saturated carbocycles. The van der Waals surface area contributed by atoms with Crippen LogP contribution in [0.5, 0.6) is 0 Å². The molecule has 0 radical (unpaired) electrons. The number of halogens is 3. The fraction of sp³-hybridized carbons (Fsp3) is 0.462. The van der Waals surface area contributed by atoms with Crippen molar-refractivity contribution < 1.29 is 13.2 Å². The van der Waals surface area contributed by atoms with Crippen molar-refractivity contribution in [1.29, 1.82) is 5.26 Å². The first-order chi connectivity index (χ1) is 8.45. The zero-order valence-electron chi connectivity index (χ0n) is 10.2. The maximum Gasteiger partial charge on any atom is 0.416 e. The molecule has 0 aromatic heterocycles. The Balaban J connectivity index is 2.70. The topological polar surface area (TPSA) is 27.0 Å². The van der Waals surface area contributed by atoms with E-state index < -0.39 is 11.7 Å². The van der Waals surface area contributed by atoms with Gasteiger partial charge in [-0.25, -0.2) is 0 Å². The van der Waals surface area contributed by atoms with Crippen LogP contribution in [-0.2, 0) is 12.7 Å². The molecule has 0 saturated heterocycles. The molecule has 0 aliphatic heterocycles. The third kappa shape index (κ3) is 4.38. The van der Waals surface area contributed by atoms with Gasteiger partial charge in [-0.2, -0.15) is 18.4 Å². The van der Waals surface area contributed by atoms with Gasteiger partial charge in [0.05, 0.1) is 11.6 Å². The Kier molecular flexibility index (Phi) is 5.17. The highest BCUT2D eigenvalue weighted by atomic mass is 19.4. The molecule has 5 heteroatoms. The lowest BCUT2D eigenvalue weighted by Gasteiger charge is -2.19. The van der Waals surface area contributed by atoms with Crippen LogP contribution in [0, 0.1) is 11.3 Å². The van der Waals surface area contributed by atoms with Crippen molar-refractivity contribution in [2.75, 3.05) is 13.6 Å². The molecule has 0 spiro atoms. The number of nitriles is 1. The minimum Gasteiger partial charge on any atom is -0.302 e. The van der Waals surface area contributed by atoms with Gasteiger partial charge in [-0.15, -0.1) is 0 Å². The fourth-order valence-corrected chi connectivity index (χ4v) is 1.73. The Labute approximate surface area is 105 Å². The molecule has 0 unspecified atom stereocenters. The van der Waals surface area contributed by atoms with E-state index in [1.165, 1.54) is 12.1 Å². The van der Waals surface area contributed by atoms with Crippen LogP contribution in [0.4, 0.5) is 13.2 Å². The molecule has 0 aliphatic rings. The highest BCUT2D eigenvalue weighted by Gasteiger charge is 2.32. The molecule has 2 nitrogen and oxygen atoms in total. The van der Waals surface area contributed by atoms with E-state index in [0.717, 1.165) is 6.07 Å². The number of unbranched alkanes of at least 4 members (excludes halogenated alkanes) is 1. The molecule has 0 atom stereocenters. The lowest BCUT2D eigenvalue weighted by Crippen LogP contribution is -2.21. The Morgan fingerprint density at radius 1 is 1.28 bits per heavy atom. The molecule has 1 rings (SSSR count). The van der Waals surface area contributed by atoms with Crippen LogP contribution in [0.15, 0.2) is 24.3 Å². The summed E-state index contributed by atoms with van der Waals surface area (Å²) in [4.78, 5) is 1.79. The van der Waals surface area contributed by atoms with Gasteiger partial charge in [-0.3, -0.25) is 0 Å². The smallest absolute Gasteiger partial charge is 0.302 e. The largest absolute Gasteiger partial charge is 0.416 e. The Morgan fingerprint density at radius 2 is 1.94 bits per heavy atom. The molecular formula is C13H15F3N2. The van der Waals surface area contributed by atoms with Gasteiger partial charge in [0.15, 0.2) is 0 Å². The van der Waals surface area contributed by atoms with Crippen LogP contribution in [0.1, 0.15) is 24.0 Å². The standard InChI is InChI=1S/C13H15F3N2/c1-18(9-5-4-8-17)10-11-6-2-3-7-12(11)13(14,15)16/h2-3,6-7H,4-5,9-10H2,1H3. The SMILES string of the molecule is CN(CCCC#N)Cc1ccccc1C(F)(F)F. The van der Waals surface area contributed by atoms with Gasteiger partial charge in [-0.05, 0) is 31.6 Å². The van der Waals surface area contributed by atoms with Crippen molar-refractivity contribution in [1.82, 2.24) is 4.90 Å². The summed E-state index contributed by atoms with van der Waals surface area (Å²) in [6, 6.07) is 7.60. The number of hydrogen-bond donors (Lipinski definition) is 0. The molecule has 0 fully saturated rings. The highest BCUT2D eigenvalue weighted by Crippen LogP contribution is 2.32. The van der Waals surface area contributed by atoms with E-state index in [9.17, 15) is 13.2 Å². The summed E-state index contributed by atoms with van der Waals surface area (Å²) in [7, 11) is 1.75. The zero-order chi connectivity index (χ0) is 13.6. The number of nitrogens with zero attached hydrogens (tertiary/aromatic N) is 2. The molecule has 0 heterocycles. The van der Waals surface area contributed by atoms with Gasteiger partial charge < -0.3 is 4.90 Å².